The van der Waals surface area contributed by atoms with Gasteiger partial charge in [0, 0.05) is 0 Å². The Morgan fingerprint density at radius 3 is 2.52 bits per heavy atom. The predicted octanol–water partition coefficient (Wildman–Crippen LogP) is 3.38. The molecule has 2 aromatic carbocycles. The maximum absolute atomic E-state index is 13.7. The predicted molar refractivity (Wildman–Crippen MR) is 83.3 cm³/mol. The third kappa shape index (κ3) is 2.97. The number of hydrogen-bond acceptors (Lipinski definition) is 5. The van der Waals surface area contributed by atoms with Crippen LogP contribution in [0.15, 0.2) is 41.3 Å². The molecule has 0 aliphatic carbocycles. The van der Waals surface area contributed by atoms with E-state index >= 15 is 0 Å². The first-order chi connectivity index (χ1) is 10.9. The molecule has 0 bridgehead atoms. The molecule has 0 unspecified atom stereocenters. The summed E-state index contributed by atoms with van der Waals surface area (Å²) >= 11 is 1.03. The highest BCUT2D eigenvalue weighted by Gasteiger charge is 2.25. The lowest BCUT2D eigenvalue weighted by Gasteiger charge is -2.06. The van der Waals surface area contributed by atoms with Gasteiger partial charge in [-0.2, -0.15) is 0 Å². The molecule has 0 aliphatic heterocycles. The van der Waals surface area contributed by atoms with E-state index in [-0.39, 0.29) is 5.13 Å². The summed E-state index contributed by atoms with van der Waals surface area (Å²) in [5.74, 6) is -1.74. The standard InChI is InChI=1S/C14H10F2N2O3S2/c1-21-8-5-6-11-12(7-8)22-14(17-11)18-23(19,20)13-9(15)3-2-4-10(13)16/h2-7H,1H3,(H,17,18). The molecule has 5 nitrogen and oxygen atoms in total. The molecule has 1 heterocycles. The number of halogens is 2. The third-order valence-corrected chi connectivity index (χ3v) is 5.46. The fourth-order valence-corrected chi connectivity index (χ4v) is 4.25. The van der Waals surface area contributed by atoms with Crippen LogP contribution in [0.25, 0.3) is 10.2 Å². The highest BCUT2D eigenvalue weighted by molar-refractivity contribution is 7.93. The molecule has 120 valence electrons. The Bertz CT molecular complexity index is 967. The van der Waals surface area contributed by atoms with Crippen molar-refractivity contribution in [2.75, 3.05) is 11.8 Å². The number of aromatic nitrogens is 1. The van der Waals surface area contributed by atoms with Gasteiger partial charge in [0.2, 0.25) is 0 Å². The molecular weight excluding hydrogens is 346 g/mol. The lowest BCUT2D eigenvalue weighted by molar-refractivity contribution is 0.415. The Morgan fingerprint density at radius 2 is 1.87 bits per heavy atom. The zero-order valence-corrected chi connectivity index (χ0v) is 13.3. The lowest BCUT2D eigenvalue weighted by Crippen LogP contribution is -2.16. The Morgan fingerprint density at radius 1 is 1.17 bits per heavy atom. The molecule has 0 saturated heterocycles. The number of ether oxygens (including phenoxy) is 1. The number of methoxy groups -OCH3 is 1. The molecule has 23 heavy (non-hydrogen) atoms. The van der Waals surface area contributed by atoms with Gasteiger partial charge in [-0.3, -0.25) is 4.72 Å². The molecule has 3 rings (SSSR count). The number of thiazole rings is 1. The number of nitrogens with zero attached hydrogens (tertiary/aromatic N) is 1. The number of hydrogen-bond donors (Lipinski definition) is 1. The molecular formula is C14H10F2N2O3S2. The van der Waals surface area contributed by atoms with Crippen molar-refractivity contribution < 1.29 is 21.9 Å². The summed E-state index contributed by atoms with van der Waals surface area (Å²) in [6, 6.07) is 7.87. The molecule has 0 spiro atoms. The Balaban J connectivity index is 2.00. The van der Waals surface area contributed by atoms with E-state index in [1.54, 1.807) is 18.2 Å². The van der Waals surface area contributed by atoms with Gasteiger partial charge in [-0.05, 0) is 30.3 Å². The summed E-state index contributed by atoms with van der Waals surface area (Å²) in [7, 11) is -2.91. The van der Waals surface area contributed by atoms with E-state index in [9.17, 15) is 17.2 Å². The zero-order chi connectivity index (χ0) is 16.6. The van der Waals surface area contributed by atoms with Crippen molar-refractivity contribution in [1.82, 2.24) is 4.98 Å². The molecule has 0 radical (unpaired) electrons. The average molecular weight is 356 g/mol. The minimum Gasteiger partial charge on any atom is -0.497 e. The summed E-state index contributed by atoms with van der Waals surface area (Å²) in [5, 5.41) is 0.0101. The van der Waals surface area contributed by atoms with Gasteiger partial charge in [-0.15, -0.1) is 0 Å². The van der Waals surface area contributed by atoms with Crippen molar-refractivity contribution in [3.05, 3.63) is 48.0 Å². The number of rotatable bonds is 4. The summed E-state index contributed by atoms with van der Waals surface area (Å²) < 4.78 is 59.6. The first-order valence-corrected chi connectivity index (χ1v) is 8.62. The van der Waals surface area contributed by atoms with Crippen LogP contribution in [0.1, 0.15) is 0 Å². The van der Waals surface area contributed by atoms with E-state index in [1.165, 1.54) is 7.11 Å². The Kier molecular flexibility index (Phi) is 3.90. The minimum absolute atomic E-state index is 0.0101. The third-order valence-electron chi connectivity index (χ3n) is 3.00. The fourth-order valence-electron chi connectivity index (χ4n) is 1.98. The molecule has 1 N–H and O–H groups in total. The van der Waals surface area contributed by atoms with E-state index < -0.39 is 26.6 Å². The van der Waals surface area contributed by atoms with Gasteiger partial charge in [0.15, 0.2) is 10.0 Å². The minimum atomic E-state index is -4.42. The number of benzene rings is 2. The van der Waals surface area contributed by atoms with Crippen LogP contribution < -0.4 is 9.46 Å². The smallest absolute Gasteiger partial charge is 0.269 e. The second-order valence-electron chi connectivity index (χ2n) is 4.51. The summed E-state index contributed by atoms with van der Waals surface area (Å²) in [6.45, 7) is 0. The normalized spacial score (nSPS) is 11.6. The van der Waals surface area contributed by atoms with Crippen LogP contribution >= 0.6 is 11.3 Å². The first kappa shape index (κ1) is 15.6. The van der Waals surface area contributed by atoms with Gasteiger partial charge in [0.1, 0.15) is 17.4 Å². The molecule has 3 aromatic rings. The van der Waals surface area contributed by atoms with Crippen LogP contribution in [-0.4, -0.2) is 20.5 Å². The topological polar surface area (TPSA) is 68.3 Å². The SMILES string of the molecule is COc1ccc2nc(NS(=O)(=O)c3c(F)cccc3F)sc2c1. The van der Waals surface area contributed by atoms with Gasteiger partial charge in [0.25, 0.3) is 10.0 Å². The van der Waals surface area contributed by atoms with Crippen molar-refractivity contribution >= 4 is 36.7 Å². The fraction of sp³-hybridized carbons (Fsp3) is 0.0714. The monoisotopic (exact) mass is 356 g/mol. The second kappa shape index (κ2) is 5.74. The van der Waals surface area contributed by atoms with E-state index in [2.05, 4.69) is 9.71 Å². The summed E-state index contributed by atoms with van der Waals surface area (Å²) in [4.78, 5) is 3.06. The highest BCUT2D eigenvalue weighted by Crippen LogP contribution is 2.31. The van der Waals surface area contributed by atoms with Gasteiger partial charge < -0.3 is 4.74 Å². The molecule has 1 aromatic heterocycles. The van der Waals surface area contributed by atoms with E-state index in [4.69, 9.17) is 4.74 Å². The van der Waals surface area contributed by atoms with Crippen LogP contribution in [0.4, 0.5) is 13.9 Å². The molecule has 0 aliphatic rings. The van der Waals surface area contributed by atoms with Crippen molar-refractivity contribution in [3.63, 3.8) is 0 Å². The van der Waals surface area contributed by atoms with Gasteiger partial charge in [-0.25, -0.2) is 22.2 Å². The molecule has 0 amide bonds. The maximum atomic E-state index is 13.7. The van der Waals surface area contributed by atoms with Crippen LogP contribution in [0.2, 0.25) is 0 Å². The average Bonchev–Trinajstić information content (AvgIpc) is 2.86. The van der Waals surface area contributed by atoms with Crippen LogP contribution in [-0.2, 0) is 10.0 Å². The van der Waals surface area contributed by atoms with Crippen molar-refractivity contribution in [3.8, 4) is 5.75 Å². The van der Waals surface area contributed by atoms with Crippen molar-refractivity contribution in [1.29, 1.82) is 0 Å². The number of anilines is 1. The molecule has 0 fully saturated rings. The summed E-state index contributed by atoms with van der Waals surface area (Å²) in [6.07, 6.45) is 0. The lowest BCUT2D eigenvalue weighted by atomic mass is 10.3. The zero-order valence-electron chi connectivity index (χ0n) is 11.7. The maximum Gasteiger partial charge on any atom is 0.269 e. The quantitative estimate of drug-likeness (QED) is 0.778. The van der Waals surface area contributed by atoms with E-state index in [1.807, 2.05) is 0 Å². The van der Waals surface area contributed by atoms with E-state index in [0.717, 1.165) is 29.5 Å². The number of sulfonamides is 1. The van der Waals surface area contributed by atoms with Crippen molar-refractivity contribution in [2.45, 2.75) is 4.90 Å². The van der Waals surface area contributed by atoms with Gasteiger partial charge in [0.05, 0.1) is 17.3 Å². The highest BCUT2D eigenvalue weighted by atomic mass is 32.2. The van der Waals surface area contributed by atoms with Gasteiger partial charge >= 0.3 is 0 Å². The Hall–Kier alpha value is -2.26. The van der Waals surface area contributed by atoms with E-state index in [0.29, 0.717) is 16.0 Å². The largest absolute Gasteiger partial charge is 0.497 e. The second-order valence-corrected chi connectivity index (χ2v) is 7.16. The van der Waals surface area contributed by atoms with Crippen molar-refractivity contribution in [2.24, 2.45) is 0 Å². The number of nitrogens with one attached hydrogen (secondary N) is 1. The Labute approximate surface area is 134 Å². The molecule has 0 saturated carbocycles. The first-order valence-electron chi connectivity index (χ1n) is 6.32. The van der Waals surface area contributed by atoms with Crippen LogP contribution in [0.3, 0.4) is 0 Å². The van der Waals surface area contributed by atoms with Gasteiger partial charge in [-0.1, -0.05) is 17.4 Å². The van der Waals surface area contributed by atoms with Crippen LogP contribution in [0.5, 0.6) is 5.75 Å². The molecule has 0 atom stereocenters. The molecule has 9 heteroatoms. The van der Waals surface area contributed by atoms with Crippen LogP contribution in [0, 0.1) is 11.6 Å². The number of fused-ring (bicyclic) bond motifs is 1. The summed E-state index contributed by atoms with van der Waals surface area (Å²) in [5.41, 5.74) is 0.544.